The Labute approximate surface area is 81.4 Å². The van der Waals surface area contributed by atoms with Gasteiger partial charge in [-0.05, 0) is 36.1 Å². The van der Waals surface area contributed by atoms with Crippen molar-refractivity contribution >= 4 is 5.69 Å². The number of hydrogen-bond acceptors (Lipinski definition) is 1. The molecule has 13 heavy (non-hydrogen) atoms. The highest BCUT2D eigenvalue weighted by Gasteiger charge is 2.04. The van der Waals surface area contributed by atoms with E-state index in [4.69, 9.17) is 0 Å². The summed E-state index contributed by atoms with van der Waals surface area (Å²) in [6, 6.07) is 6.66. The Morgan fingerprint density at radius 3 is 2.15 bits per heavy atom. The van der Waals surface area contributed by atoms with E-state index >= 15 is 0 Å². The molecule has 0 heterocycles. The molecule has 0 aliphatic carbocycles. The lowest BCUT2D eigenvalue weighted by molar-refractivity contribution is 0.856. The van der Waals surface area contributed by atoms with Gasteiger partial charge in [-0.2, -0.15) is 0 Å². The molecular weight excluding hydrogens is 158 g/mol. The predicted molar refractivity (Wildman–Crippen MR) is 59.6 cm³/mol. The van der Waals surface area contributed by atoms with E-state index in [1.54, 1.807) is 0 Å². The van der Waals surface area contributed by atoms with E-state index in [1.807, 2.05) is 0 Å². The summed E-state index contributed by atoms with van der Waals surface area (Å²) in [5.74, 6) is 0.621. The predicted octanol–water partition coefficient (Wildman–Crippen LogP) is 3.18. The molecule has 1 aromatic rings. The normalized spacial score (nSPS) is 10.6. The van der Waals surface area contributed by atoms with Crippen molar-refractivity contribution in [3.05, 3.63) is 29.3 Å². The van der Waals surface area contributed by atoms with Crippen LogP contribution in [0.1, 0.15) is 30.9 Å². The van der Waals surface area contributed by atoms with Crippen molar-refractivity contribution in [3.8, 4) is 0 Å². The van der Waals surface area contributed by atoms with Crippen molar-refractivity contribution in [2.75, 3.05) is 19.0 Å². The van der Waals surface area contributed by atoms with Gasteiger partial charge in [-0.3, -0.25) is 0 Å². The fraction of sp³-hybridized carbons (Fsp3) is 0.500. The maximum Gasteiger partial charge on any atom is 0.0363 e. The van der Waals surface area contributed by atoms with Crippen molar-refractivity contribution in [1.82, 2.24) is 0 Å². The van der Waals surface area contributed by atoms with Gasteiger partial charge in [0.05, 0.1) is 0 Å². The molecule has 0 amide bonds. The van der Waals surface area contributed by atoms with Gasteiger partial charge in [0.1, 0.15) is 0 Å². The zero-order valence-electron chi connectivity index (χ0n) is 9.26. The minimum Gasteiger partial charge on any atom is -0.378 e. The van der Waals surface area contributed by atoms with E-state index in [0.29, 0.717) is 5.92 Å². The first-order valence-electron chi connectivity index (χ1n) is 4.80. The fourth-order valence-electron chi connectivity index (χ4n) is 1.59. The molecule has 0 saturated carbocycles. The van der Waals surface area contributed by atoms with E-state index in [-0.39, 0.29) is 0 Å². The number of hydrogen-bond donors (Lipinski definition) is 0. The third kappa shape index (κ3) is 2.24. The van der Waals surface area contributed by atoms with E-state index < -0.39 is 0 Å². The van der Waals surface area contributed by atoms with Crippen molar-refractivity contribution in [2.24, 2.45) is 0 Å². The van der Waals surface area contributed by atoms with Crippen LogP contribution < -0.4 is 4.90 Å². The van der Waals surface area contributed by atoms with Crippen LogP contribution in [0, 0.1) is 6.92 Å². The van der Waals surface area contributed by atoms with Gasteiger partial charge in [0.15, 0.2) is 0 Å². The summed E-state index contributed by atoms with van der Waals surface area (Å²) in [7, 11) is 4.15. The Kier molecular flexibility index (Phi) is 2.97. The SMILES string of the molecule is Cc1cc(N(C)C)ccc1C(C)C. The van der Waals surface area contributed by atoms with Gasteiger partial charge in [0.2, 0.25) is 0 Å². The molecule has 0 spiro atoms. The minimum atomic E-state index is 0.621. The summed E-state index contributed by atoms with van der Waals surface area (Å²) < 4.78 is 0. The van der Waals surface area contributed by atoms with E-state index in [9.17, 15) is 0 Å². The van der Waals surface area contributed by atoms with Gasteiger partial charge >= 0.3 is 0 Å². The standard InChI is InChI=1S/C12H19N/c1-9(2)12-7-6-11(13(4)5)8-10(12)3/h6-9H,1-5H3. The van der Waals surface area contributed by atoms with Crippen LogP contribution in [-0.2, 0) is 0 Å². The molecule has 0 aromatic heterocycles. The summed E-state index contributed by atoms with van der Waals surface area (Å²) in [6.45, 7) is 6.65. The third-order valence-corrected chi connectivity index (χ3v) is 2.39. The molecule has 0 aliphatic rings. The molecule has 0 bridgehead atoms. The molecule has 0 atom stereocenters. The molecule has 0 radical (unpaired) electrons. The van der Waals surface area contributed by atoms with Crippen molar-refractivity contribution in [3.63, 3.8) is 0 Å². The molecule has 0 unspecified atom stereocenters. The number of nitrogens with zero attached hydrogens (tertiary/aromatic N) is 1. The van der Waals surface area contributed by atoms with Crippen LogP contribution >= 0.6 is 0 Å². The first kappa shape index (κ1) is 10.1. The number of anilines is 1. The van der Waals surface area contributed by atoms with Crippen LogP contribution in [0.2, 0.25) is 0 Å². The second kappa shape index (κ2) is 3.82. The number of aryl methyl sites for hydroxylation is 1. The lowest BCUT2D eigenvalue weighted by Gasteiger charge is -2.16. The highest BCUT2D eigenvalue weighted by atomic mass is 15.1. The van der Waals surface area contributed by atoms with E-state index in [2.05, 4.69) is 58.0 Å². The van der Waals surface area contributed by atoms with Crippen molar-refractivity contribution in [2.45, 2.75) is 26.7 Å². The second-order valence-corrected chi connectivity index (χ2v) is 4.09. The van der Waals surface area contributed by atoms with E-state index in [1.165, 1.54) is 16.8 Å². The molecule has 72 valence electrons. The largest absolute Gasteiger partial charge is 0.378 e. The van der Waals surface area contributed by atoms with Crippen LogP contribution in [0.3, 0.4) is 0 Å². The number of rotatable bonds is 2. The Balaban J connectivity index is 3.06. The molecule has 0 fully saturated rings. The smallest absolute Gasteiger partial charge is 0.0363 e. The molecule has 0 saturated heterocycles. The van der Waals surface area contributed by atoms with Gasteiger partial charge in [-0.15, -0.1) is 0 Å². The molecule has 0 N–H and O–H groups in total. The van der Waals surface area contributed by atoms with Gasteiger partial charge in [0.25, 0.3) is 0 Å². The average molecular weight is 177 g/mol. The van der Waals surface area contributed by atoms with E-state index in [0.717, 1.165) is 0 Å². The van der Waals surface area contributed by atoms with Crippen LogP contribution in [0.5, 0.6) is 0 Å². The molecular formula is C12H19N. The molecule has 0 aliphatic heterocycles. The highest BCUT2D eigenvalue weighted by Crippen LogP contribution is 2.23. The molecule has 1 nitrogen and oxygen atoms in total. The first-order chi connectivity index (χ1) is 6.02. The summed E-state index contributed by atoms with van der Waals surface area (Å²) >= 11 is 0. The van der Waals surface area contributed by atoms with Crippen LogP contribution in [0.4, 0.5) is 5.69 Å². The number of benzene rings is 1. The van der Waals surface area contributed by atoms with Gasteiger partial charge < -0.3 is 4.90 Å². The third-order valence-electron chi connectivity index (χ3n) is 2.39. The summed E-state index contributed by atoms with van der Waals surface area (Å²) in [4.78, 5) is 2.14. The Bertz CT molecular complexity index is 287. The zero-order valence-corrected chi connectivity index (χ0v) is 9.26. The van der Waals surface area contributed by atoms with Gasteiger partial charge in [-0.25, -0.2) is 0 Å². The van der Waals surface area contributed by atoms with Gasteiger partial charge in [-0.1, -0.05) is 19.9 Å². The Morgan fingerprint density at radius 2 is 1.77 bits per heavy atom. The summed E-state index contributed by atoms with van der Waals surface area (Å²) in [5, 5.41) is 0. The van der Waals surface area contributed by atoms with Crippen molar-refractivity contribution < 1.29 is 0 Å². The molecule has 1 heteroatoms. The quantitative estimate of drug-likeness (QED) is 0.670. The molecule has 1 rings (SSSR count). The lowest BCUT2D eigenvalue weighted by Crippen LogP contribution is -2.09. The lowest BCUT2D eigenvalue weighted by atomic mass is 9.97. The average Bonchev–Trinajstić information content (AvgIpc) is 2.03. The fourth-order valence-corrected chi connectivity index (χ4v) is 1.59. The van der Waals surface area contributed by atoms with Crippen molar-refractivity contribution in [1.29, 1.82) is 0 Å². The topological polar surface area (TPSA) is 3.24 Å². The molecule has 1 aromatic carbocycles. The highest BCUT2D eigenvalue weighted by molar-refractivity contribution is 5.50. The van der Waals surface area contributed by atoms with Crippen LogP contribution in [0.25, 0.3) is 0 Å². The maximum absolute atomic E-state index is 2.25. The summed E-state index contributed by atoms with van der Waals surface area (Å²) in [6.07, 6.45) is 0. The zero-order chi connectivity index (χ0) is 10.0. The summed E-state index contributed by atoms with van der Waals surface area (Å²) in [5.41, 5.74) is 4.12. The second-order valence-electron chi connectivity index (χ2n) is 4.09. The Morgan fingerprint density at radius 1 is 1.15 bits per heavy atom. The Hall–Kier alpha value is -0.980. The monoisotopic (exact) mass is 177 g/mol. The van der Waals surface area contributed by atoms with Crippen LogP contribution in [0.15, 0.2) is 18.2 Å². The van der Waals surface area contributed by atoms with Crippen LogP contribution in [-0.4, -0.2) is 14.1 Å². The van der Waals surface area contributed by atoms with Gasteiger partial charge in [0, 0.05) is 19.8 Å². The minimum absolute atomic E-state index is 0.621. The maximum atomic E-state index is 2.25. The first-order valence-corrected chi connectivity index (χ1v) is 4.80.